The largest absolute Gasteiger partial charge is 0.360 e. The van der Waals surface area contributed by atoms with E-state index in [2.05, 4.69) is 51.1 Å². The van der Waals surface area contributed by atoms with Gasteiger partial charge in [0.05, 0.1) is 0 Å². The second-order valence-electron chi connectivity index (χ2n) is 6.47. The number of hydrogen-bond acceptors (Lipinski definition) is 5. The molecule has 1 aromatic heterocycles. The third-order valence-corrected chi connectivity index (χ3v) is 4.36. The van der Waals surface area contributed by atoms with Gasteiger partial charge in [-0.1, -0.05) is 64.0 Å². The summed E-state index contributed by atoms with van der Waals surface area (Å²) in [7, 11) is 0. The Hall–Kier alpha value is -2.68. The van der Waals surface area contributed by atoms with Crippen LogP contribution in [0.5, 0.6) is 0 Å². The van der Waals surface area contributed by atoms with Gasteiger partial charge in [-0.25, -0.2) is 0 Å². The maximum Gasteiger partial charge on any atom is 0.216 e. The fourth-order valence-corrected chi connectivity index (χ4v) is 2.81. The molecule has 2 N–H and O–H groups in total. The molecule has 0 fully saturated rings. The number of allylic oxidation sites excluding steroid dienone is 1. The van der Waals surface area contributed by atoms with Crippen molar-refractivity contribution in [1.82, 2.24) is 20.6 Å². The molecule has 2 rings (SSSR count). The van der Waals surface area contributed by atoms with Crippen LogP contribution in [0.25, 0.3) is 5.57 Å². The van der Waals surface area contributed by atoms with E-state index >= 15 is 0 Å². The van der Waals surface area contributed by atoms with Crippen molar-refractivity contribution in [3.8, 4) is 6.07 Å². The van der Waals surface area contributed by atoms with Crippen molar-refractivity contribution in [3.05, 3.63) is 41.9 Å². The molecule has 0 bridgehead atoms. The summed E-state index contributed by atoms with van der Waals surface area (Å²) in [6, 6.07) is 10.4. The van der Waals surface area contributed by atoms with Gasteiger partial charge in [-0.15, -0.1) is 10.2 Å². The first kappa shape index (κ1) is 19.6. The molecule has 0 aliphatic rings. The Kier molecular flexibility index (Phi) is 8.92. The number of nitriles is 1. The first-order valence-electron chi connectivity index (χ1n) is 9.53. The van der Waals surface area contributed by atoms with E-state index in [1.165, 1.54) is 56.9 Å². The van der Waals surface area contributed by atoms with Crippen LogP contribution in [0.4, 0.5) is 5.69 Å². The fourth-order valence-electron chi connectivity index (χ4n) is 2.81. The smallest absolute Gasteiger partial charge is 0.216 e. The van der Waals surface area contributed by atoms with E-state index in [1.54, 1.807) is 6.20 Å². The zero-order chi connectivity index (χ0) is 18.5. The zero-order valence-electron chi connectivity index (χ0n) is 15.5. The minimum Gasteiger partial charge on any atom is -0.360 e. The lowest BCUT2D eigenvalue weighted by molar-refractivity contribution is 0.575. The van der Waals surface area contributed by atoms with Crippen molar-refractivity contribution >= 4 is 11.3 Å². The van der Waals surface area contributed by atoms with Crippen molar-refractivity contribution in [2.45, 2.75) is 64.7 Å². The van der Waals surface area contributed by atoms with Crippen LogP contribution < -0.4 is 5.32 Å². The van der Waals surface area contributed by atoms with Crippen molar-refractivity contribution < 1.29 is 0 Å². The number of aryl methyl sites for hydroxylation is 1. The standard InChI is InChI=1S/C20H28N6/c1-2-3-4-5-6-7-8-9-10-17-11-13-19(14-12-17)22-16-18(15-21)20-23-25-26-24-20/h11-14,16,22H,2-10H2,1H3,(H,23,24,25,26). The molecule has 1 aromatic carbocycles. The van der Waals surface area contributed by atoms with Gasteiger partial charge in [-0.05, 0) is 35.8 Å². The summed E-state index contributed by atoms with van der Waals surface area (Å²) in [4.78, 5) is 0. The number of tetrazole rings is 1. The van der Waals surface area contributed by atoms with E-state index in [4.69, 9.17) is 5.26 Å². The van der Waals surface area contributed by atoms with Crippen LogP contribution in [-0.4, -0.2) is 20.6 Å². The number of aromatic amines is 1. The molecular formula is C20H28N6. The Morgan fingerprint density at radius 3 is 2.38 bits per heavy atom. The Morgan fingerprint density at radius 1 is 1.08 bits per heavy atom. The number of anilines is 1. The summed E-state index contributed by atoms with van der Waals surface area (Å²) >= 11 is 0. The highest BCUT2D eigenvalue weighted by atomic mass is 15.5. The summed E-state index contributed by atoms with van der Waals surface area (Å²) < 4.78 is 0. The van der Waals surface area contributed by atoms with E-state index in [0.29, 0.717) is 5.57 Å². The number of unbranched alkanes of at least 4 members (excludes halogenated alkanes) is 7. The van der Waals surface area contributed by atoms with Crippen LogP contribution in [0, 0.1) is 11.3 Å². The van der Waals surface area contributed by atoms with Crippen LogP contribution in [0.1, 0.15) is 69.7 Å². The average Bonchev–Trinajstić information content (AvgIpc) is 3.20. The summed E-state index contributed by atoms with van der Waals surface area (Å²) in [6.07, 6.45) is 13.5. The predicted octanol–water partition coefficient (Wildman–Crippen LogP) is 4.86. The van der Waals surface area contributed by atoms with Crippen molar-refractivity contribution in [1.29, 1.82) is 5.26 Å². The molecule has 6 heteroatoms. The van der Waals surface area contributed by atoms with E-state index in [-0.39, 0.29) is 5.82 Å². The molecule has 0 amide bonds. The van der Waals surface area contributed by atoms with Crippen LogP contribution in [0.2, 0.25) is 0 Å². The Labute approximate surface area is 155 Å². The maximum atomic E-state index is 9.14. The monoisotopic (exact) mass is 352 g/mol. The third-order valence-electron chi connectivity index (χ3n) is 4.36. The zero-order valence-corrected chi connectivity index (χ0v) is 15.5. The number of H-pyrrole nitrogens is 1. The van der Waals surface area contributed by atoms with E-state index in [1.807, 2.05) is 12.1 Å². The number of aromatic nitrogens is 4. The molecule has 0 aliphatic carbocycles. The van der Waals surface area contributed by atoms with Gasteiger partial charge in [0, 0.05) is 11.9 Å². The van der Waals surface area contributed by atoms with Gasteiger partial charge >= 0.3 is 0 Å². The summed E-state index contributed by atoms with van der Waals surface area (Å²) in [5, 5.41) is 25.7. The van der Waals surface area contributed by atoms with Gasteiger partial charge in [0.1, 0.15) is 11.6 Å². The lowest BCUT2D eigenvalue weighted by Gasteiger charge is -2.05. The summed E-state index contributed by atoms with van der Waals surface area (Å²) in [6.45, 7) is 2.26. The van der Waals surface area contributed by atoms with Crippen molar-refractivity contribution in [3.63, 3.8) is 0 Å². The minimum absolute atomic E-state index is 0.284. The fraction of sp³-hybridized carbons (Fsp3) is 0.500. The Bertz CT molecular complexity index is 682. The minimum atomic E-state index is 0.284. The molecule has 0 spiro atoms. The molecular weight excluding hydrogens is 324 g/mol. The number of nitrogens with zero attached hydrogens (tertiary/aromatic N) is 4. The highest BCUT2D eigenvalue weighted by Gasteiger charge is 2.05. The average molecular weight is 352 g/mol. The quantitative estimate of drug-likeness (QED) is 0.420. The lowest BCUT2D eigenvalue weighted by Crippen LogP contribution is -1.93. The van der Waals surface area contributed by atoms with Gasteiger partial charge in [0.15, 0.2) is 0 Å². The van der Waals surface area contributed by atoms with Crippen molar-refractivity contribution in [2.75, 3.05) is 5.32 Å². The van der Waals surface area contributed by atoms with Crippen LogP contribution in [0.3, 0.4) is 0 Å². The highest BCUT2D eigenvalue weighted by molar-refractivity contribution is 5.73. The first-order chi connectivity index (χ1) is 12.8. The van der Waals surface area contributed by atoms with Gasteiger partial charge in [0.2, 0.25) is 5.82 Å². The molecule has 138 valence electrons. The van der Waals surface area contributed by atoms with Crippen LogP contribution in [-0.2, 0) is 6.42 Å². The number of benzene rings is 1. The Morgan fingerprint density at radius 2 is 1.77 bits per heavy atom. The molecule has 2 aromatic rings. The van der Waals surface area contributed by atoms with Gasteiger partial charge in [0.25, 0.3) is 0 Å². The predicted molar refractivity (Wildman–Crippen MR) is 104 cm³/mol. The molecule has 0 saturated carbocycles. The van der Waals surface area contributed by atoms with E-state index in [0.717, 1.165) is 12.1 Å². The molecule has 0 radical (unpaired) electrons. The number of hydrogen-bond donors (Lipinski definition) is 2. The molecule has 0 atom stereocenters. The van der Waals surface area contributed by atoms with Gasteiger partial charge in [-0.3, -0.25) is 0 Å². The second-order valence-corrected chi connectivity index (χ2v) is 6.47. The molecule has 0 unspecified atom stereocenters. The molecule has 0 saturated heterocycles. The van der Waals surface area contributed by atoms with E-state index < -0.39 is 0 Å². The third kappa shape index (κ3) is 7.06. The second kappa shape index (κ2) is 11.8. The number of rotatable bonds is 12. The molecule has 0 aliphatic heterocycles. The Balaban J connectivity index is 1.69. The summed E-state index contributed by atoms with van der Waals surface area (Å²) in [5.74, 6) is 0.284. The van der Waals surface area contributed by atoms with Gasteiger partial charge in [-0.2, -0.15) is 10.5 Å². The molecule has 1 heterocycles. The maximum absolute atomic E-state index is 9.14. The van der Waals surface area contributed by atoms with Crippen LogP contribution in [0.15, 0.2) is 30.5 Å². The van der Waals surface area contributed by atoms with E-state index in [9.17, 15) is 0 Å². The lowest BCUT2D eigenvalue weighted by atomic mass is 10.0. The topological polar surface area (TPSA) is 90.3 Å². The molecule has 26 heavy (non-hydrogen) atoms. The normalized spacial score (nSPS) is 11.3. The van der Waals surface area contributed by atoms with Gasteiger partial charge < -0.3 is 5.32 Å². The first-order valence-corrected chi connectivity index (χ1v) is 9.53. The molecule has 6 nitrogen and oxygen atoms in total. The van der Waals surface area contributed by atoms with Crippen molar-refractivity contribution in [2.24, 2.45) is 0 Å². The van der Waals surface area contributed by atoms with Crippen LogP contribution >= 0.6 is 0 Å². The highest BCUT2D eigenvalue weighted by Crippen LogP contribution is 2.15. The number of nitrogens with one attached hydrogen (secondary N) is 2. The SMILES string of the molecule is CCCCCCCCCCc1ccc(NC=C(C#N)c2nn[nH]n2)cc1. The summed E-state index contributed by atoms with van der Waals surface area (Å²) in [5.41, 5.74) is 2.62.